The first-order valence-corrected chi connectivity index (χ1v) is 6.03. The molecule has 0 aliphatic rings. The summed E-state index contributed by atoms with van der Waals surface area (Å²) in [5.41, 5.74) is 2.38. The Morgan fingerprint density at radius 3 is 2.44 bits per heavy atom. The van der Waals surface area contributed by atoms with E-state index < -0.39 is 0 Å². The van der Waals surface area contributed by atoms with E-state index in [9.17, 15) is 0 Å². The van der Waals surface area contributed by atoms with Crippen LogP contribution in [0.25, 0.3) is 0 Å². The van der Waals surface area contributed by atoms with Crippen LogP contribution in [-0.2, 0) is 6.42 Å². The average Bonchev–Trinajstić information content (AvgIpc) is 2.35. The molecule has 0 spiro atoms. The Balaban J connectivity index is 2.61. The molecule has 2 nitrogen and oxygen atoms in total. The van der Waals surface area contributed by atoms with Gasteiger partial charge in [0.1, 0.15) is 6.04 Å². The Labute approximate surface area is 98.3 Å². The molecule has 0 fully saturated rings. The molecule has 0 heterocycles. The maximum Gasteiger partial charge on any atom is 0.121 e. The minimum atomic E-state index is -0.169. The maximum absolute atomic E-state index is 9.09. The lowest BCUT2D eigenvalue weighted by Gasteiger charge is -2.11. The number of benzene rings is 1. The first-order valence-electron chi connectivity index (χ1n) is 6.03. The van der Waals surface area contributed by atoms with Gasteiger partial charge >= 0.3 is 0 Å². The standard InChI is InChI=1S/C14H20N2/c1-3-5-10-16-14(11-15)13-8-6-12(4-2)7-9-13/h6-9,14,16H,3-5,10H2,1-2H3. The summed E-state index contributed by atoms with van der Waals surface area (Å²) in [6, 6.07) is 10.4. The highest BCUT2D eigenvalue weighted by molar-refractivity contribution is 5.28. The molecular weight excluding hydrogens is 196 g/mol. The first-order chi connectivity index (χ1) is 7.81. The molecule has 2 heteroatoms. The summed E-state index contributed by atoms with van der Waals surface area (Å²) in [6.07, 6.45) is 3.31. The normalized spacial score (nSPS) is 12.1. The van der Waals surface area contributed by atoms with Gasteiger partial charge < -0.3 is 0 Å². The fraction of sp³-hybridized carbons (Fsp3) is 0.500. The molecule has 86 valence electrons. The summed E-state index contributed by atoms with van der Waals surface area (Å²) >= 11 is 0. The van der Waals surface area contributed by atoms with Crippen molar-refractivity contribution in [1.29, 1.82) is 5.26 Å². The Morgan fingerprint density at radius 2 is 1.94 bits per heavy atom. The molecule has 16 heavy (non-hydrogen) atoms. The van der Waals surface area contributed by atoms with Gasteiger partial charge in [-0.1, -0.05) is 44.5 Å². The van der Waals surface area contributed by atoms with Crippen molar-refractivity contribution in [1.82, 2.24) is 5.32 Å². The van der Waals surface area contributed by atoms with Gasteiger partial charge in [-0.25, -0.2) is 0 Å². The summed E-state index contributed by atoms with van der Waals surface area (Å²) in [6.45, 7) is 5.19. The number of hydrogen-bond donors (Lipinski definition) is 1. The Hall–Kier alpha value is -1.33. The molecule has 1 N–H and O–H groups in total. The second-order valence-electron chi connectivity index (χ2n) is 3.96. The average molecular weight is 216 g/mol. The molecule has 1 aromatic rings. The van der Waals surface area contributed by atoms with Gasteiger partial charge in [0.15, 0.2) is 0 Å². The highest BCUT2D eigenvalue weighted by atomic mass is 14.9. The van der Waals surface area contributed by atoms with Crippen molar-refractivity contribution >= 4 is 0 Å². The molecule has 0 saturated carbocycles. The molecule has 1 rings (SSSR count). The number of nitriles is 1. The smallest absolute Gasteiger partial charge is 0.121 e. The fourth-order valence-corrected chi connectivity index (χ4v) is 1.61. The van der Waals surface area contributed by atoms with Gasteiger partial charge in [0, 0.05) is 0 Å². The summed E-state index contributed by atoms with van der Waals surface area (Å²) in [7, 11) is 0. The van der Waals surface area contributed by atoms with Crippen molar-refractivity contribution in [3.63, 3.8) is 0 Å². The van der Waals surface area contributed by atoms with Gasteiger partial charge in [0.25, 0.3) is 0 Å². The van der Waals surface area contributed by atoms with Crippen LogP contribution in [0.15, 0.2) is 24.3 Å². The van der Waals surface area contributed by atoms with E-state index in [0.29, 0.717) is 0 Å². The van der Waals surface area contributed by atoms with E-state index in [4.69, 9.17) is 5.26 Å². The van der Waals surface area contributed by atoms with Crippen LogP contribution in [0, 0.1) is 11.3 Å². The number of hydrogen-bond acceptors (Lipinski definition) is 2. The van der Waals surface area contributed by atoms with E-state index in [1.54, 1.807) is 0 Å². The molecule has 1 unspecified atom stereocenters. The zero-order chi connectivity index (χ0) is 11.8. The van der Waals surface area contributed by atoms with Crippen LogP contribution >= 0.6 is 0 Å². The van der Waals surface area contributed by atoms with Crippen LogP contribution in [0.1, 0.15) is 43.9 Å². The molecule has 0 aromatic heterocycles. The molecular formula is C14H20N2. The number of unbranched alkanes of at least 4 members (excludes halogenated alkanes) is 1. The third-order valence-electron chi connectivity index (χ3n) is 2.73. The van der Waals surface area contributed by atoms with Crippen LogP contribution in [0.2, 0.25) is 0 Å². The maximum atomic E-state index is 9.09. The van der Waals surface area contributed by atoms with Crippen LogP contribution in [0.4, 0.5) is 0 Å². The number of nitrogens with zero attached hydrogens (tertiary/aromatic N) is 1. The van der Waals surface area contributed by atoms with E-state index in [0.717, 1.165) is 31.4 Å². The summed E-state index contributed by atoms with van der Waals surface area (Å²) in [5, 5.41) is 12.4. The Kier molecular flexibility index (Phi) is 5.60. The van der Waals surface area contributed by atoms with Crippen molar-refractivity contribution in [3.05, 3.63) is 35.4 Å². The topological polar surface area (TPSA) is 35.8 Å². The van der Waals surface area contributed by atoms with Gasteiger partial charge in [0.05, 0.1) is 6.07 Å². The molecule has 1 aromatic carbocycles. The van der Waals surface area contributed by atoms with Crippen molar-refractivity contribution < 1.29 is 0 Å². The van der Waals surface area contributed by atoms with Crippen LogP contribution < -0.4 is 5.32 Å². The van der Waals surface area contributed by atoms with Crippen molar-refractivity contribution in [2.75, 3.05) is 6.54 Å². The van der Waals surface area contributed by atoms with E-state index in [2.05, 4.69) is 37.4 Å². The van der Waals surface area contributed by atoms with Crippen molar-refractivity contribution in [2.45, 2.75) is 39.2 Å². The van der Waals surface area contributed by atoms with E-state index in [1.165, 1.54) is 5.56 Å². The lowest BCUT2D eigenvalue weighted by Crippen LogP contribution is -2.20. The number of aryl methyl sites for hydroxylation is 1. The second kappa shape index (κ2) is 7.03. The minimum Gasteiger partial charge on any atom is -0.298 e. The Bertz CT molecular complexity index is 335. The van der Waals surface area contributed by atoms with E-state index in [-0.39, 0.29) is 6.04 Å². The molecule has 0 radical (unpaired) electrons. The largest absolute Gasteiger partial charge is 0.298 e. The zero-order valence-corrected chi connectivity index (χ0v) is 10.2. The monoisotopic (exact) mass is 216 g/mol. The van der Waals surface area contributed by atoms with Crippen LogP contribution in [-0.4, -0.2) is 6.54 Å². The predicted molar refractivity (Wildman–Crippen MR) is 67.1 cm³/mol. The third-order valence-corrected chi connectivity index (χ3v) is 2.73. The lowest BCUT2D eigenvalue weighted by molar-refractivity contribution is 0.598. The SMILES string of the molecule is CCCCNC(C#N)c1ccc(CC)cc1. The Morgan fingerprint density at radius 1 is 1.25 bits per heavy atom. The highest BCUT2D eigenvalue weighted by Gasteiger charge is 2.08. The first kappa shape index (κ1) is 12.7. The van der Waals surface area contributed by atoms with Gasteiger partial charge in [0.2, 0.25) is 0 Å². The summed E-state index contributed by atoms with van der Waals surface area (Å²) in [5.74, 6) is 0. The molecule has 0 saturated heterocycles. The van der Waals surface area contributed by atoms with Gasteiger partial charge in [-0.15, -0.1) is 0 Å². The third kappa shape index (κ3) is 3.67. The molecule has 1 atom stereocenters. The van der Waals surface area contributed by atoms with E-state index >= 15 is 0 Å². The zero-order valence-electron chi connectivity index (χ0n) is 10.2. The van der Waals surface area contributed by atoms with Gasteiger partial charge in [-0.05, 0) is 30.5 Å². The molecule has 0 aliphatic carbocycles. The second-order valence-corrected chi connectivity index (χ2v) is 3.96. The molecule has 0 amide bonds. The summed E-state index contributed by atoms with van der Waals surface area (Å²) < 4.78 is 0. The van der Waals surface area contributed by atoms with E-state index in [1.807, 2.05) is 12.1 Å². The van der Waals surface area contributed by atoms with Gasteiger partial charge in [-0.3, -0.25) is 5.32 Å². The van der Waals surface area contributed by atoms with Crippen molar-refractivity contribution in [2.24, 2.45) is 0 Å². The molecule has 0 bridgehead atoms. The van der Waals surface area contributed by atoms with Crippen LogP contribution in [0.3, 0.4) is 0 Å². The number of rotatable bonds is 6. The molecule has 0 aliphatic heterocycles. The lowest BCUT2D eigenvalue weighted by atomic mass is 10.0. The number of nitrogens with one attached hydrogen (secondary N) is 1. The fourth-order valence-electron chi connectivity index (χ4n) is 1.61. The summed E-state index contributed by atoms with van der Waals surface area (Å²) in [4.78, 5) is 0. The quantitative estimate of drug-likeness (QED) is 0.741. The minimum absolute atomic E-state index is 0.169. The van der Waals surface area contributed by atoms with Crippen molar-refractivity contribution in [3.8, 4) is 6.07 Å². The van der Waals surface area contributed by atoms with Crippen LogP contribution in [0.5, 0.6) is 0 Å². The highest BCUT2D eigenvalue weighted by Crippen LogP contribution is 2.13. The predicted octanol–water partition coefficient (Wildman–Crippen LogP) is 3.20. The van der Waals surface area contributed by atoms with Gasteiger partial charge in [-0.2, -0.15) is 5.26 Å².